The summed E-state index contributed by atoms with van der Waals surface area (Å²) in [6, 6.07) is 12.6. The zero-order chi connectivity index (χ0) is 22.4. The molecular formula is C24H28N2O4S. The molecule has 0 saturated heterocycles. The standard InChI is InChI=1S/C24H28N2O4S/c1-24(2,3)14-30-23(27)16-9-7-15(8-10-16)22-19-6-4-5-18(19)20-13-17(31(25,28)29)11-12-21(20)26-22/h4-5,7-13,18-19,22,26H,6,14H2,1-3H3,(H2,25,28,29). The summed E-state index contributed by atoms with van der Waals surface area (Å²) in [5, 5.41) is 8.89. The van der Waals surface area contributed by atoms with E-state index in [-0.39, 0.29) is 34.2 Å². The van der Waals surface area contributed by atoms with Crippen LogP contribution in [0.25, 0.3) is 0 Å². The van der Waals surface area contributed by atoms with Crippen molar-refractivity contribution in [3.63, 3.8) is 0 Å². The van der Waals surface area contributed by atoms with Crippen molar-refractivity contribution in [2.45, 2.75) is 44.0 Å². The van der Waals surface area contributed by atoms with Crippen molar-refractivity contribution in [3.8, 4) is 0 Å². The lowest BCUT2D eigenvalue weighted by atomic mass is 9.77. The number of benzene rings is 2. The second kappa shape index (κ2) is 7.80. The number of sulfonamides is 1. The molecule has 31 heavy (non-hydrogen) atoms. The van der Waals surface area contributed by atoms with Crippen LogP contribution in [-0.2, 0) is 14.8 Å². The maximum absolute atomic E-state index is 12.3. The van der Waals surface area contributed by atoms with Gasteiger partial charge in [-0.2, -0.15) is 0 Å². The first-order chi connectivity index (χ1) is 14.5. The van der Waals surface area contributed by atoms with Gasteiger partial charge in [0, 0.05) is 11.6 Å². The number of hydrogen-bond acceptors (Lipinski definition) is 5. The third-order valence-corrected chi connectivity index (χ3v) is 6.72. The Morgan fingerprint density at radius 1 is 1.16 bits per heavy atom. The molecule has 3 N–H and O–H groups in total. The van der Waals surface area contributed by atoms with Gasteiger partial charge in [-0.25, -0.2) is 18.4 Å². The molecular weight excluding hydrogens is 412 g/mol. The highest BCUT2D eigenvalue weighted by Gasteiger charge is 2.38. The summed E-state index contributed by atoms with van der Waals surface area (Å²) >= 11 is 0. The predicted octanol–water partition coefficient (Wildman–Crippen LogP) is 4.36. The van der Waals surface area contributed by atoms with Crippen LogP contribution < -0.4 is 10.5 Å². The van der Waals surface area contributed by atoms with E-state index in [0.29, 0.717) is 12.2 Å². The van der Waals surface area contributed by atoms with Gasteiger partial charge in [0.1, 0.15) is 0 Å². The molecule has 0 amide bonds. The van der Waals surface area contributed by atoms with E-state index in [9.17, 15) is 13.2 Å². The fourth-order valence-electron chi connectivity index (χ4n) is 4.27. The van der Waals surface area contributed by atoms with Crippen LogP contribution in [0.2, 0.25) is 0 Å². The minimum atomic E-state index is -3.75. The van der Waals surface area contributed by atoms with Gasteiger partial charge in [0.2, 0.25) is 10.0 Å². The molecule has 6 nitrogen and oxygen atoms in total. The average Bonchev–Trinajstić information content (AvgIpc) is 3.20. The Morgan fingerprint density at radius 2 is 1.87 bits per heavy atom. The van der Waals surface area contributed by atoms with Gasteiger partial charge >= 0.3 is 5.97 Å². The Balaban J connectivity index is 1.58. The third kappa shape index (κ3) is 4.52. The quantitative estimate of drug-likeness (QED) is 0.544. The molecule has 3 atom stereocenters. The van der Waals surface area contributed by atoms with Crippen LogP contribution >= 0.6 is 0 Å². The molecule has 4 rings (SSSR count). The van der Waals surface area contributed by atoms with Crippen molar-refractivity contribution in [1.29, 1.82) is 0 Å². The molecule has 7 heteroatoms. The largest absolute Gasteiger partial charge is 0.462 e. The smallest absolute Gasteiger partial charge is 0.338 e. The topological polar surface area (TPSA) is 98.5 Å². The second-order valence-electron chi connectivity index (χ2n) is 9.53. The highest BCUT2D eigenvalue weighted by molar-refractivity contribution is 7.89. The molecule has 0 aromatic heterocycles. The number of carbonyl (C=O) groups is 1. The predicted molar refractivity (Wildman–Crippen MR) is 120 cm³/mol. The zero-order valence-electron chi connectivity index (χ0n) is 18.0. The van der Waals surface area contributed by atoms with E-state index in [4.69, 9.17) is 9.88 Å². The van der Waals surface area contributed by atoms with Crippen LogP contribution in [0.1, 0.15) is 60.6 Å². The number of primary sulfonamides is 1. The second-order valence-corrected chi connectivity index (χ2v) is 11.1. The molecule has 164 valence electrons. The van der Waals surface area contributed by atoms with Crippen molar-refractivity contribution in [3.05, 3.63) is 71.3 Å². The van der Waals surface area contributed by atoms with Crippen LogP contribution in [0.5, 0.6) is 0 Å². The van der Waals surface area contributed by atoms with Crippen LogP contribution in [0.3, 0.4) is 0 Å². The van der Waals surface area contributed by atoms with E-state index in [1.165, 1.54) is 6.07 Å². The van der Waals surface area contributed by atoms with Gasteiger partial charge in [0.05, 0.1) is 23.1 Å². The number of nitrogens with two attached hydrogens (primary N) is 1. The minimum absolute atomic E-state index is 0.0486. The highest BCUT2D eigenvalue weighted by atomic mass is 32.2. The van der Waals surface area contributed by atoms with Crippen LogP contribution in [0.4, 0.5) is 5.69 Å². The molecule has 2 aliphatic rings. The number of carbonyl (C=O) groups excluding carboxylic acids is 1. The van der Waals surface area contributed by atoms with Gasteiger partial charge in [0.25, 0.3) is 0 Å². The number of fused-ring (bicyclic) bond motifs is 3. The SMILES string of the molecule is CC(C)(C)COC(=O)c1ccc(C2Nc3ccc(S(N)(=O)=O)cc3C3C=CCC32)cc1. The molecule has 1 aliphatic carbocycles. The van der Waals surface area contributed by atoms with Crippen LogP contribution in [0.15, 0.2) is 59.5 Å². The maximum atomic E-state index is 12.3. The van der Waals surface area contributed by atoms with E-state index >= 15 is 0 Å². The first kappa shape index (κ1) is 21.6. The highest BCUT2D eigenvalue weighted by Crippen LogP contribution is 2.50. The fourth-order valence-corrected chi connectivity index (χ4v) is 4.82. The molecule has 0 radical (unpaired) electrons. The zero-order valence-corrected chi connectivity index (χ0v) is 18.8. The number of nitrogens with one attached hydrogen (secondary N) is 1. The molecule has 1 heterocycles. The van der Waals surface area contributed by atoms with Crippen molar-refractivity contribution < 1.29 is 17.9 Å². The van der Waals surface area contributed by atoms with Gasteiger partial charge < -0.3 is 10.1 Å². The maximum Gasteiger partial charge on any atom is 0.338 e. The molecule has 0 fully saturated rings. The number of anilines is 1. The van der Waals surface area contributed by atoms with Gasteiger partial charge in [-0.1, -0.05) is 45.1 Å². The lowest BCUT2D eigenvalue weighted by Crippen LogP contribution is -2.29. The van der Waals surface area contributed by atoms with Crippen molar-refractivity contribution in [2.75, 3.05) is 11.9 Å². The Labute approximate surface area is 183 Å². The summed E-state index contributed by atoms with van der Waals surface area (Å²) in [5.41, 5.74) is 3.38. The lowest BCUT2D eigenvalue weighted by Gasteiger charge is -2.37. The Morgan fingerprint density at radius 3 is 2.52 bits per heavy atom. The molecule has 3 unspecified atom stereocenters. The Hall–Kier alpha value is -2.64. The summed E-state index contributed by atoms with van der Waals surface area (Å²) < 4.78 is 29.0. The Bertz CT molecular complexity index is 1130. The summed E-state index contributed by atoms with van der Waals surface area (Å²) in [7, 11) is -3.75. The Kier molecular flexibility index (Phi) is 5.43. The van der Waals surface area contributed by atoms with E-state index in [1.807, 2.05) is 32.9 Å². The lowest BCUT2D eigenvalue weighted by molar-refractivity contribution is 0.0367. The average molecular weight is 441 g/mol. The van der Waals surface area contributed by atoms with E-state index < -0.39 is 10.0 Å². The number of rotatable bonds is 4. The monoisotopic (exact) mass is 440 g/mol. The van der Waals surface area contributed by atoms with Crippen molar-refractivity contribution >= 4 is 21.7 Å². The molecule has 0 bridgehead atoms. The molecule has 2 aromatic rings. The number of ether oxygens (including phenoxy) is 1. The number of esters is 1. The van der Waals surface area contributed by atoms with Crippen molar-refractivity contribution in [1.82, 2.24) is 0 Å². The third-order valence-electron chi connectivity index (χ3n) is 5.80. The van der Waals surface area contributed by atoms with Gasteiger partial charge in [-0.3, -0.25) is 0 Å². The molecule has 1 aliphatic heterocycles. The molecule has 2 aromatic carbocycles. The van der Waals surface area contributed by atoms with E-state index in [1.54, 1.807) is 24.3 Å². The van der Waals surface area contributed by atoms with E-state index in [2.05, 4.69) is 17.5 Å². The van der Waals surface area contributed by atoms with Crippen molar-refractivity contribution in [2.24, 2.45) is 16.5 Å². The fraction of sp³-hybridized carbons (Fsp3) is 0.375. The molecule has 0 spiro atoms. The minimum Gasteiger partial charge on any atom is -0.462 e. The van der Waals surface area contributed by atoms with Gasteiger partial charge in [0.15, 0.2) is 0 Å². The first-order valence-electron chi connectivity index (χ1n) is 10.4. The van der Waals surface area contributed by atoms with Crippen LogP contribution in [0, 0.1) is 11.3 Å². The van der Waals surface area contributed by atoms with E-state index in [0.717, 1.165) is 23.2 Å². The molecule has 0 saturated carbocycles. The summed E-state index contributed by atoms with van der Waals surface area (Å²) in [5.74, 6) is 0.0423. The van der Waals surface area contributed by atoms with Crippen LogP contribution in [-0.4, -0.2) is 21.0 Å². The van der Waals surface area contributed by atoms with Gasteiger partial charge in [-0.15, -0.1) is 0 Å². The number of allylic oxidation sites excluding steroid dienone is 2. The summed E-state index contributed by atoms with van der Waals surface area (Å²) in [4.78, 5) is 12.5. The first-order valence-corrected chi connectivity index (χ1v) is 11.9. The summed E-state index contributed by atoms with van der Waals surface area (Å²) in [6.45, 7) is 6.43. The normalized spacial score (nSPS) is 22.4. The van der Waals surface area contributed by atoms with Gasteiger partial charge in [-0.05, 0) is 59.2 Å². The number of hydrogen-bond donors (Lipinski definition) is 2. The summed E-state index contributed by atoms with van der Waals surface area (Å²) in [6.07, 6.45) is 5.17.